The third-order valence-corrected chi connectivity index (χ3v) is 0.907. The Labute approximate surface area is 59.1 Å². The van der Waals surface area contributed by atoms with E-state index >= 15 is 0 Å². The molecule has 0 aliphatic heterocycles. The molecule has 4 heteroatoms. The van der Waals surface area contributed by atoms with E-state index in [9.17, 15) is 0 Å². The fraction of sp³-hybridized carbons (Fsp3) is 0.333. The maximum atomic E-state index is 5.20. The molecule has 54 valence electrons. The Morgan fingerprint density at radius 1 is 1.50 bits per heavy atom. The Balaban J connectivity index is 2.43. The molecule has 1 rings (SSSR count). The van der Waals surface area contributed by atoms with E-state index in [1.54, 1.807) is 18.6 Å². The van der Waals surface area contributed by atoms with E-state index in [1.807, 2.05) is 0 Å². The molecule has 0 radical (unpaired) electrons. The Kier molecular flexibility index (Phi) is 2.63. The zero-order valence-corrected chi connectivity index (χ0v) is 5.53. The highest BCUT2D eigenvalue weighted by Gasteiger charge is 1.89. The van der Waals surface area contributed by atoms with E-state index in [-0.39, 0.29) is 0 Å². The minimum Gasteiger partial charge on any atom is -0.475 e. The lowest BCUT2D eigenvalue weighted by atomic mass is 10.7. The van der Waals surface area contributed by atoms with Crippen LogP contribution in [0.15, 0.2) is 18.6 Å². The van der Waals surface area contributed by atoms with Crippen LogP contribution in [-0.4, -0.2) is 23.1 Å². The number of hydrogen-bond donors (Lipinski definition) is 1. The lowest BCUT2D eigenvalue weighted by Gasteiger charge is -1.99. The first-order valence-electron chi connectivity index (χ1n) is 3.02. The molecular formula is C6H9N3O. The van der Waals surface area contributed by atoms with E-state index in [0.29, 0.717) is 19.0 Å². The molecule has 0 aliphatic rings. The summed E-state index contributed by atoms with van der Waals surface area (Å²) in [5, 5.41) is 0. The first kappa shape index (κ1) is 6.95. The predicted molar refractivity (Wildman–Crippen MR) is 36.6 cm³/mol. The summed E-state index contributed by atoms with van der Waals surface area (Å²) in [5.74, 6) is 0.521. The molecule has 0 atom stereocenters. The van der Waals surface area contributed by atoms with Gasteiger partial charge in [0.1, 0.15) is 6.61 Å². The molecular weight excluding hydrogens is 130 g/mol. The summed E-state index contributed by atoms with van der Waals surface area (Å²) < 4.78 is 5.06. The molecule has 1 aromatic rings. The molecule has 0 aromatic carbocycles. The Bertz CT molecular complexity index is 178. The monoisotopic (exact) mass is 139 g/mol. The van der Waals surface area contributed by atoms with Crippen molar-refractivity contribution in [2.24, 2.45) is 5.73 Å². The highest BCUT2D eigenvalue weighted by atomic mass is 16.5. The van der Waals surface area contributed by atoms with Gasteiger partial charge >= 0.3 is 0 Å². The van der Waals surface area contributed by atoms with Crippen molar-refractivity contribution in [3.8, 4) is 5.88 Å². The summed E-state index contributed by atoms with van der Waals surface area (Å²) in [4.78, 5) is 7.69. The summed E-state index contributed by atoms with van der Waals surface area (Å²) in [6.07, 6.45) is 4.72. The molecule has 0 bridgehead atoms. The van der Waals surface area contributed by atoms with Crippen molar-refractivity contribution in [2.45, 2.75) is 0 Å². The van der Waals surface area contributed by atoms with Crippen LogP contribution < -0.4 is 10.5 Å². The maximum Gasteiger partial charge on any atom is 0.232 e. The zero-order valence-electron chi connectivity index (χ0n) is 5.53. The Morgan fingerprint density at radius 3 is 3.00 bits per heavy atom. The van der Waals surface area contributed by atoms with Gasteiger partial charge in [0.2, 0.25) is 5.88 Å². The van der Waals surface area contributed by atoms with Gasteiger partial charge in [-0.05, 0) is 0 Å². The van der Waals surface area contributed by atoms with Crippen LogP contribution in [0.25, 0.3) is 0 Å². The van der Waals surface area contributed by atoms with Crippen LogP contribution in [0.3, 0.4) is 0 Å². The molecule has 1 aromatic heterocycles. The second-order valence-electron chi connectivity index (χ2n) is 1.68. The molecule has 0 amide bonds. The van der Waals surface area contributed by atoms with Gasteiger partial charge in [0.15, 0.2) is 0 Å². The van der Waals surface area contributed by atoms with Gasteiger partial charge in [-0.25, -0.2) is 4.98 Å². The van der Waals surface area contributed by atoms with Crippen LogP contribution in [0.4, 0.5) is 0 Å². The van der Waals surface area contributed by atoms with Crippen molar-refractivity contribution in [1.82, 2.24) is 9.97 Å². The van der Waals surface area contributed by atoms with Crippen LogP contribution in [0.5, 0.6) is 5.88 Å². The topological polar surface area (TPSA) is 61.0 Å². The number of ether oxygens (including phenoxy) is 1. The first-order chi connectivity index (χ1) is 4.93. The molecule has 0 spiro atoms. The van der Waals surface area contributed by atoms with Gasteiger partial charge in [0.05, 0.1) is 6.20 Å². The van der Waals surface area contributed by atoms with E-state index in [0.717, 1.165) is 0 Å². The van der Waals surface area contributed by atoms with Crippen molar-refractivity contribution in [2.75, 3.05) is 13.2 Å². The van der Waals surface area contributed by atoms with Gasteiger partial charge in [-0.3, -0.25) is 4.98 Å². The highest BCUT2D eigenvalue weighted by Crippen LogP contribution is 1.98. The quantitative estimate of drug-likeness (QED) is 0.630. The summed E-state index contributed by atoms with van der Waals surface area (Å²) in [5.41, 5.74) is 5.20. The largest absolute Gasteiger partial charge is 0.475 e. The standard InChI is InChI=1S/C6H9N3O/c7-1-4-10-6-5-8-2-3-9-6/h2-3,5H,1,4,7H2. The minimum absolute atomic E-state index is 0.485. The Morgan fingerprint density at radius 2 is 2.40 bits per heavy atom. The van der Waals surface area contributed by atoms with E-state index in [4.69, 9.17) is 10.5 Å². The first-order valence-corrected chi connectivity index (χ1v) is 3.02. The molecule has 1 heterocycles. The van der Waals surface area contributed by atoms with Crippen LogP contribution in [0.2, 0.25) is 0 Å². The molecule has 0 fully saturated rings. The molecule has 0 unspecified atom stereocenters. The van der Waals surface area contributed by atoms with Crippen LogP contribution in [0, 0.1) is 0 Å². The van der Waals surface area contributed by atoms with Crippen molar-refractivity contribution in [3.63, 3.8) is 0 Å². The maximum absolute atomic E-state index is 5.20. The number of hydrogen-bond acceptors (Lipinski definition) is 4. The third-order valence-electron chi connectivity index (χ3n) is 0.907. The highest BCUT2D eigenvalue weighted by molar-refractivity contribution is 5.00. The fourth-order valence-electron chi connectivity index (χ4n) is 0.523. The second-order valence-corrected chi connectivity index (χ2v) is 1.68. The van der Waals surface area contributed by atoms with E-state index < -0.39 is 0 Å². The van der Waals surface area contributed by atoms with E-state index in [2.05, 4.69) is 9.97 Å². The third kappa shape index (κ3) is 1.99. The number of aromatic nitrogens is 2. The van der Waals surface area contributed by atoms with E-state index in [1.165, 1.54) is 0 Å². The number of nitrogens with zero attached hydrogens (tertiary/aromatic N) is 2. The molecule has 2 N–H and O–H groups in total. The van der Waals surface area contributed by atoms with Crippen molar-refractivity contribution in [1.29, 1.82) is 0 Å². The van der Waals surface area contributed by atoms with Gasteiger partial charge in [-0.15, -0.1) is 0 Å². The molecule has 0 saturated carbocycles. The average Bonchev–Trinajstić information content (AvgIpc) is 2.03. The number of nitrogens with two attached hydrogens (primary N) is 1. The van der Waals surface area contributed by atoms with Gasteiger partial charge in [-0.2, -0.15) is 0 Å². The fourth-order valence-corrected chi connectivity index (χ4v) is 0.523. The summed E-state index contributed by atoms with van der Waals surface area (Å²) >= 11 is 0. The smallest absolute Gasteiger partial charge is 0.232 e. The van der Waals surface area contributed by atoms with Crippen molar-refractivity contribution in [3.05, 3.63) is 18.6 Å². The van der Waals surface area contributed by atoms with Crippen molar-refractivity contribution < 1.29 is 4.74 Å². The zero-order chi connectivity index (χ0) is 7.23. The Hall–Kier alpha value is -1.16. The van der Waals surface area contributed by atoms with Gasteiger partial charge in [-0.1, -0.05) is 0 Å². The molecule has 10 heavy (non-hydrogen) atoms. The van der Waals surface area contributed by atoms with Crippen LogP contribution >= 0.6 is 0 Å². The second kappa shape index (κ2) is 3.79. The van der Waals surface area contributed by atoms with Crippen LogP contribution in [0.1, 0.15) is 0 Å². The minimum atomic E-state index is 0.485. The average molecular weight is 139 g/mol. The summed E-state index contributed by atoms with van der Waals surface area (Å²) in [7, 11) is 0. The van der Waals surface area contributed by atoms with Crippen LogP contribution in [-0.2, 0) is 0 Å². The number of rotatable bonds is 3. The molecule has 0 saturated heterocycles. The predicted octanol–water partition coefficient (Wildman–Crippen LogP) is -0.186. The van der Waals surface area contributed by atoms with Gasteiger partial charge in [0.25, 0.3) is 0 Å². The van der Waals surface area contributed by atoms with Crippen molar-refractivity contribution >= 4 is 0 Å². The van der Waals surface area contributed by atoms with Gasteiger partial charge < -0.3 is 10.5 Å². The summed E-state index contributed by atoms with van der Waals surface area (Å²) in [6, 6.07) is 0. The normalized spacial score (nSPS) is 9.30. The SMILES string of the molecule is NCCOc1cnccn1. The lowest BCUT2D eigenvalue weighted by molar-refractivity contribution is 0.314. The molecule has 4 nitrogen and oxygen atoms in total. The summed E-state index contributed by atoms with van der Waals surface area (Å²) in [6.45, 7) is 0.981. The van der Waals surface area contributed by atoms with Gasteiger partial charge in [0, 0.05) is 18.9 Å². The molecule has 0 aliphatic carbocycles. The lowest BCUT2D eigenvalue weighted by Crippen LogP contribution is -2.11.